The Morgan fingerprint density at radius 2 is 1.79 bits per heavy atom. The molecule has 0 bridgehead atoms. The molecular weight excluding hydrogens is 312 g/mol. The predicted molar refractivity (Wildman–Crippen MR) is 88.4 cm³/mol. The van der Waals surface area contributed by atoms with Gasteiger partial charge in [0.15, 0.2) is 6.04 Å². The topological polar surface area (TPSA) is 105 Å². The Morgan fingerprint density at radius 3 is 2.33 bits per heavy atom. The van der Waals surface area contributed by atoms with Gasteiger partial charge >= 0.3 is 5.97 Å². The first-order chi connectivity index (χ1) is 11.5. The monoisotopic (exact) mass is 336 g/mol. The third-order valence-corrected chi connectivity index (χ3v) is 3.38. The summed E-state index contributed by atoms with van der Waals surface area (Å²) in [7, 11) is 1.35. The van der Waals surface area contributed by atoms with Crippen LogP contribution in [-0.4, -0.2) is 48.7 Å². The first-order valence-electron chi connectivity index (χ1n) is 7.83. The van der Waals surface area contributed by atoms with Gasteiger partial charge in [0.2, 0.25) is 11.8 Å². The van der Waals surface area contributed by atoms with Gasteiger partial charge in [0.25, 0.3) is 0 Å². The molecule has 2 amide bonds. The van der Waals surface area contributed by atoms with E-state index in [4.69, 9.17) is 9.84 Å². The first kappa shape index (κ1) is 19.6. The molecule has 7 heteroatoms. The average Bonchev–Trinajstić information content (AvgIpc) is 2.54. The highest BCUT2D eigenvalue weighted by atomic mass is 16.5. The molecule has 0 saturated carbocycles. The van der Waals surface area contributed by atoms with Crippen molar-refractivity contribution in [3.63, 3.8) is 0 Å². The maximum atomic E-state index is 12.3. The van der Waals surface area contributed by atoms with Gasteiger partial charge in [-0.1, -0.05) is 43.7 Å². The van der Waals surface area contributed by atoms with Gasteiger partial charge in [-0.05, 0) is 12.0 Å². The molecule has 132 valence electrons. The lowest BCUT2D eigenvalue weighted by molar-refractivity contribution is -0.143. The van der Waals surface area contributed by atoms with E-state index in [1.807, 2.05) is 37.3 Å². The van der Waals surface area contributed by atoms with Crippen molar-refractivity contribution in [2.24, 2.45) is 0 Å². The summed E-state index contributed by atoms with van der Waals surface area (Å²) >= 11 is 0. The van der Waals surface area contributed by atoms with Crippen molar-refractivity contribution < 1.29 is 24.2 Å². The van der Waals surface area contributed by atoms with Gasteiger partial charge in [0, 0.05) is 7.11 Å². The summed E-state index contributed by atoms with van der Waals surface area (Å²) in [6, 6.07) is 7.26. The van der Waals surface area contributed by atoms with Gasteiger partial charge in [-0.2, -0.15) is 0 Å². The average molecular weight is 336 g/mol. The van der Waals surface area contributed by atoms with Crippen LogP contribution >= 0.6 is 0 Å². The largest absolute Gasteiger partial charge is 0.480 e. The van der Waals surface area contributed by atoms with Crippen molar-refractivity contribution >= 4 is 17.8 Å². The van der Waals surface area contributed by atoms with Crippen molar-refractivity contribution in [3.05, 3.63) is 35.9 Å². The summed E-state index contributed by atoms with van der Waals surface area (Å²) in [5.74, 6) is -1.99. The number of hydrogen-bond acceptors (Lipinski definition) is 4. The van der Waals surface area contributed by atoms with Gasteiger partial charge in [0.05, 0.1) is 13.0 Å². The maximum absolute atomic E-state index is 12.3. The zero-order valence-corrected chi connectivity index (χ0v) is 14.0. The number of aliphatic carboxylic acids is 1. The van der Waals surface area contributed by atoms with Crippen molar-refractivity contribution in [2.75, 3.05) is 13.7 Å². The quantitative estimate of drug-likeness (QED) is 0.584. The summed E-state index contributed by atoms with van der Waals surface area (Å²) in [6.45, 7) is 1.74. The van der Waals surface area contributed by atoms with Crippen LogP contribution in [0, 0.1) is 0 Å². The molecule has 0 radical (unpaired) electrons. The molecular formula is C17H24N2O5. The van der Waals surface area contributed by atoms with E-state index in [-0.39, 0.29) is 18.9 Å². The molecule has 0 aromatic heterocycles. The zero-order valence-electron chi connectivity index (χ0n) is 14.0. The van der Waals surface area contributed by atoms with E-state index in [0.717, 1.165) is 5.56 Å². The van der Waals surface area contributed by atoms with Gasteiger partial charge < -0.3 is 20.5 Å². The van der Waals surface area contributed by atoms with E-state index in [2.05, 4.69) is 10.6 Å². The molecule has 3 N–H and O–H groups in total. The molecule has 1 aromatic carbocycles. The Kier molecular flexibility index (Phi) is 8.49. The van der Waals surface area contributed by atoms with E-state index >= 15 is 0 Å². The molecule has 2 unspecified atom stereocenters. The number of amides is 2. The molecule has 0 fully saturated rings. The number of methoxy groups -OCH3 is 1. The van der Waals surface area contributed by atoms with Gasteiger partial charge in [-0.15, -0.1) is 0 Å². The molecule has 1 aromatic rings. The van der Waals surface area contributed by atoms with E-state index in [9.17, 15) is 14.4 Å². The highest BCUT2D eigenvalue weighted by Crippen LogP contribution is 2.03. The zero-order chi connectivity index (χ0) is 17.9. The number of carbonyl (C=O) groups is 3. The number of carboxylic acids is 1. The molecule has 2 atom stereocenters. The molecule has 24 heavy (non-hydrogen) atoms. The van der Waals surface area contributed by atoms with E-state index in [0.29, 0.717) is 12.8 Å². The third kappa shape index (κ3) is 6.78. The molecule has 1 rings (SSSR count). The second-order valence-corrected chi connectivity index (χ2v) is 5.43. The SMILES string of the molecule is CCCC(NC(=O)Cc1ccccc1)C(=O)NC(COC)C(=O)O. The van der Waals surface area contributed by atoms with E-state index < -0.39 is 24.0 Å². The summed E-state index contributed by atoms with van der Waals surface area (Å²) in [5, 5.41) is 14.1. The number of nitrogens with one attached hydrogen (secondary N) is 2. The predicted octanol–water partition coefficient (Wildman–Crippen LogP) is 0.730. The Labute approximate surface area is 141 Å². The number of carboxylic acid groups (broad SMARTS) is 1. The second-order valence-electron chi connectivity index (χ2n) is 5.43. The Bertz CT molecular complexity index is 547. The highest BCUT2D eigenvalue weighted by molar-refractivity contribution is 5.90. The molecule has 0 spiro atoms. The summed E-state index contributed by atoms with van der Waals surface area (Å²) in [5.41, 5.74) is 0.841. The van der Waals surface area contributed by atoms with Crippen molar-refractivity contribution in [2.45, 2.75) is 38.3 Å². The highest BCUT2D eigenvalue weighted by Gasteiger charge is 2.25. The van der Waals surface area contributed by atoms with Crippen LogP contribution in [0.15, 0.2) is 30.3 Å². The van der Waals surface area contributed by atoms with Crippen LogP contribution in [0.2, 0.25) is 0 Å². The minimum Gasteiger partial charge on any atom is -0.480 e. The van der Waals surface area contributed by atoms with Crippen LogP contribution in [0.3, 0.4) is 0 Å². The van der Waals surface area contributed by atoms with Gasteiger partial charge in [-0.3, -0.25) is 9.59 Å². The number of benzene rings is 1. The number of carbonyl (C=O) groups excluding carboxylic acids is 2. The Hall–Kier alpha value is -2.41. The summed E-state index contributed by atoms with van der Waals surface area (Å²) < 4.78 is 4.78. The summed E-state index contributed by atoms with van der Waals surface area (Å²) in [4.78, 5) is 35.5. The second kappa shape index (κ2) is 10.4. The maximum Gasteiger partial charge on any atom is 0.328 e. The minimum atomic E-state index is -1.18. The number of hydrogen-bond donors (Lipinski definition) is 3. The molecule has 7 nitrogen and oxygen atoms in total. The molecule has 0 aliphatic heterocycles. The first-order valence-corrected chi connectivity index (χ1v) is 7.83. The standard InChI is InChI=1S/C17H24N2O5/c1-3-7-13(16(21)19-14(11-24-2)17(22)23)18-15(20)10-12-8-5-4-6-9-12/h4-6,8-9,13-14H,3,7,10-11H2,1-2H3,(H,18,20)(H,19,21)(H,22,23). The van der Waals surface area contributed by atoms with Crippen LogP contribution < -0.4 is 10.6 Å². The molecule has 0 heterocycles. The minimum absolute atomic E-state index is 0.141. The van der Waals surface area contributed by atoms with E-state index in [1.54, 1.807) is 0 Å². The Morgan fingerprint density at radius 1 is 1.12 bits per heavy atom. The molecule has 0 saturated heterocycles. The van der Waals surface area contributed by atoms with Gasteiger partial charge in [0.1, 0.15) is 6.04 Å². The van der Waals surface area contributed by atoms with Crippen molar-refractivity contribution in [3.8, 4) is 0 Å². The van der Waals surface area contributed by atoms with Crippen molar-refractivity contribution in [1.82, 2.24) is 10.6 Å². The lowest BCUT2D eigenvalue weighted by Crippen LogP contribution is -2.53. The van der Waals surface area contributed by atoms with Crippen LogP contribution in [0.4, 0.5) is 0 Å². The lowest BCUT2D eigenvalue weighted by Gasteiger charge is -2.21. The van der Waals surface area contributed by atoms with Crippen LogP contribution in [-0.2, 0) is 25.5 Å². The van der Waals surface area contributed by atoms with Crippen LogP contribution in [0.1, 0.15) is 25.3 Å². The molecule has 0 aliphatic rings. The number of rotatable bonds is 10. The third-order valence-electron chi connectivity index (χ3n) is 3.38. The van der Waals surface area contributed by atoms with Crippen molar-refractivity contribution in [1.29, 1.82) is 0 Å². The smallest absolute Gasteiger partial charge is 0.328 e. The van der Waals surface area contributed by atoms with E-state index in [1.165, 1.54) is 7.11 Å². The normalized spacial score (nSPS) is 12.9. The fourth-order valence-corrected chi connectivity index (χ4v) is 2.20. The Balaban J connectivity index is 2.65. The van der Waals surface area contributed by atoms with Gasteiger partial charge in [-0.25, -0.2) is 4.79 Å². The lowest BCUT2D eigenvalue weighted by atomic mass is 10.1. The fraction of sp³-hybridized carbons (Fsp3) is 0.471. The number of ether oxygens (including phenoxy) is 1. The summed E-state index contributed by atoms with van der Waals surface area (Å²) in [6.07, 6.45) is 1.26. The fourth-order valence-electron chi connectivity index (χ4n) is 2.20. The van der Waals surface area contributed by atoms with Crippen LogP contribution in [0.5, 0.6) is 0 Å². The molecule has 0 aliphatic carbocycles. The van der Waals surface area contributed by atoms with Crippen LogP contribution in [0.25, 0.3) is 0 Å².